The Kier molecular flexibility index (Phi) is 13.6. The number of ether oxygens (including phenoxy) is 4. The number of hydrogen-bond donors (Lipinski definition) is 1. The summed E-state index contributed by atoms with van der Waals surface area (Å²) < 4.78 is 21.4. The fraction of sp³-hybridized carbons (Fsp3) is 0.344. The van der Waals surface area contributed by atoms with Gasteiger partial charge in [0.1, 0.15) is 11.5 Å². The first-order valence-corrected chi connectivity index (χ1v) is 14.9. The third-order valence-corrected chi connectivity index (χ3v) is 6.80. The lowest BCUT2D eigenvalue weighted by molar-refractivity contribution is -0.145. The summed E-state index contributed by atoms with van der Waals surface area (Å²) >= 11 is 1.40. The highest BCUT2D eigenvalue weighted by Gasteiger charge is 2.14. The van der Waals surface area contributed by atoms with E-state index in [0.717, 1.165) is 24.8 Å². The van der Waals surface area contributed by atoms with Crippen molar-refractivity contribution in [3.63, 3.8) is 0 Å². The largest absolute Gasteiger partial charge is 0.494 e. The average molecular weight is 580 g/mol. The number of benzene rings is 3. The molecule has 8 nitrogen and oxygen atoms in total. The average Bonchev–Trinajstić information content (AvgIpc) is 2.98. The minimum atomic E-state index is -0.505. The Labute approximate surface area is 245 Å². The predicted molar refractivity (Wildman–Crippen MR) is 161 cm³/mol. The minimum Gasteiger partial charge on any atom is -0.494 e. The van der Waals surface area contributed by atoms with Crippen molar-refractivity contribution in [3.8, 4) is 11.5 Å². The summed E-state index contributed by atoms with van der Waals surface area (Å²) in [4.78, 5) is 36.5. The lowest BCUT2D eigenvalue weighted by atomic mass is 10.1. The van der Waals surface area contributed by atoms with Crippen LogP contribution in [0, 0.1) is 0 Å². The zero-order valence-electron chi connectivity index (χ0n) is 23.6. The number of amides is 1. The number of aryl methyl sites for hydroxylation is 1. The number of rotatable bonds is 17. The zero-order chi connectivity index (χ0) is 29.3. The Morgan fingerprint density at radius 1 is 0.780 bits per heavy atom. The van der Waals surface area contributed by atoms with Crippen LogP contribution in [0.3, 0.4) is 0 Å². The van der Waals surface area contributed by atoms with Gasteiger partial charge in [0.05, 0.1) is 31.3 Å². The Morgan fingerprint density at radius 3 is 2.24 bits per heavy atom. The molecule has 218 valence electrons. The van der Waals surface area contributed by atoms with Crippen LogP contribution in [-0.2, 0) is 31.2 Å². The van der Waals surface area contributed by atoms with E-state index >= 15 is 0 Å². The normalized spacial score (nSPS) is 10.5. The van der Waals surface area contributed by atoms with Crippen LogP contribution in [0.1, 0.15) is 48.2 Å². The summed E-state index contributed by atoms with van der Waals surface area (Å²) in [7, 11) is 0. The Hall–Kier alpha value is -3.98. The van der Waals surface area contributed by atoms with Crippen LogP contribution in [0.2, 0.25) is 0 Å². The van der Waals surface area contributed by atoms with Crippen molar-refractivity contribution in [1.82, 2.24) is 0 Å². The lowest BCUT2D eigenvalue weighted by Crippen LogP contribution is -2.17. The molecule has 41 heavy (non-hydrogen) atoms. The van der Waals surface area contributed by atoms with Gasteiger partial charge in [-0.15, -0.1) is 11.8 Å². The van der Waals surface area contributed by atoms with E-state index < -0.39 is 5.97 Å². The molecule has 0 unspecified atom stereocenters. The van der Waals surface area contributed by atoms with E-state index in [1.165, 1.54) is 17.3 Å². The second-order valence-corrected chi connectivity index (χ2v) is 9.98. The van der Waals surface area contributed by atoms with Gasteiger partial charge >= 0.3 is 11.9 Å². The molecule has 9 heteroatoms. The highest BCUT2D eigenvalue weighted by Crippen LogP contribution is 2.28. The molecule has 1 N–H and O–H groups in total. The summed E-state index contributed by atoms with van der Waals surface area (Å²) in [6, 6.07) is 22.6. The number of hydrogen-bond acceptors (Lipinski definition) is 8. The minimum absolute atomic E-state index is 0.220. The first kappa shape index (κ1) is 31.5. The Balaban J connectivity index is 1.57. The monoisotopic (exact) mass is 579 g/mol. The molecule has 0 aliphatic heterocycles. The Morgan fingerprint density at radius 2 is 1.51 bits per heavy atom. The summed E-state index contributed by atoms with van der Waals surface area (Å²) in [5, 5.41) is 2.88. The number of anilines is 1. The van der Waals surface area contributed by atoms with E-state index in [2.05, 4.69) is 17.4 Å². The second kappa shape index (κ2) is 17.7. The van der Waals surface area contributed by atoms with E-state index in [0.29, 0.717) is 41.7 Å². The Bertz CT molecular complexity index is 1250. The van der Waals surface area contributed by atoms with E-state index in [1.807, 2.05) is 24.3 Å². The van der Waals surface area contributed by atoms with Gasteiger partial charge in [-0.3, -0.25) is 9.59 Å². The SMILES string of the molecule is CCOC(=O)COc1ccc(CSCC(=O)OCC)cc1NC(=O)c1ccc(OCCCCc2ccccc2)cc1. The van der Waals surface area contributed by atoms with Gasteiger partial charge in [-0.05, 0) is 80.6 Å². The molecule has 1 amide bonds. The number of esters is 2. The third kappa shape index (κ3) is 11.6. The molecule has 0 saturated heterocycles. The van der Waals surface area contributed by atoms with Crippen molar-refractivity contribution in [2.45, 2.75) is 38.9 Å². The van der Waals surface area contributed by atoms with Crippen molar-refractivity contribution in [2.75, 3.05) is 37.5 Å². The van der Waals surface area contributed by atoms with Crippen LogP contribution < -0.4 is 14.8 Å². The van der Waals surface area contributed by atoms with Crippen LogP contribution in [-0.4, -0.2) is 50.0 Å². The van der Waals surface area contributed by atoms with Crippen LogP contribution >= 0.6 is 11.8 Å². The summed E-state index contributed by atoms with van der Waals surface area (Å²) in [5.41, 5.74) is 3.04. The lowest BCUT2D eigenvalue weighted by Gasteiger charge is -2.14. The molecule has 0 aliphatic carbocycles. The van der Waals surface area contributed by atoms with E-state index in [1.54, 1.807) is 50.2 Å². The second-order valence-electron chi connectivity index (χ2n) is 8.99. The van der Waals surface area contributed by atoms with Crippen molar-refractivity contribution in [2.24, 2.45) is 0 Å². The van der Waals surface area contributed by atoms with Crippen LogP contribution in [0.25, 0.3) is 0 Å². The highest BCUT2D eigenvalue weighted by atomic mass is 32.2. The van der Waals surface area contributed by atoms with Gasteiger partial charge in [0.15, 0.2) is 6.61 Å². The van der Waals surface area contributed by atoms with Crippen molar-refractivity contribution >= 4 is 35.3 Å². The van der Waals surface area contributed by atoms with Gasteiger partial charge in [-0.25, -0.2) is 4.79 Å². The maximum atomic E-state index is 13.1. The fourth-order valence-corrected chi connectivity index (χ4v) is 4.61. The molecular weight excluding hydrogens is 542 g/mol. The van der Waals surface area contributed by atoms with Crippen LogP contribution in [0.4, 0.5) is 5.69 Å². The number of unbranched alkanes of at least 4 members (excludes halogenated alkanes) is 1. The standard InChI is InChI=1S/C32H37NO7S/c1-3-37-30(34)21-40-29-18-13-25(22-41-23-31(35)38-4-2)20-28(29)33-32(36)26-14-16-27(17-15-26)39-19-9-8-12-24-10-6-5-7-11-24/h5-7,10-11,13-18,20H,3-4,8-9,12,19,21-23H2,1-2H3,(H,33,36). The van der Waals surface area contributed by atoms with Gasteiger partial charge in [0.2, 0.25) is 0 Å². The van der Waals surface area contributed by atoms with E-state index in [9.17, 15) is 14.4 Å². The van der Waals surface area contributed by atoms with Crippen LogP contribution in [0.15, 0.2) is 72.8 Å². The molecule has 0 atom stereocenters. The predicted octanol–water partition coefficient (Wildman–Crippen LogP) is 6.08. The zero-order valence-corrected chi connectivity index (χ0v) is 24.4. The third-order valence-electron chi connectivity index (χ3n) is 5.82. The molecular formula is C32H37NO7S. The highest BCUT2D eigenvalue weighted by molar-refractivity contribution is 7.99. The topological polar surface area (TPSA) is 100 Å². The molecule has 0 radical (unpaired) electrons. The van der Waals surface area contributed by atoms with E-state index in [-0.39, 0.29) is 30.8 Å². The van der Waals surface area contributed by atoms with Gasteiger partial charge in [0, 0.05) is 11.3 Å². The van der Waals surface area contributed by atoms with Crippen molar-refractivity contribution in [1.29, 1.82) is 0 Å². The number of thioether (sulfide) groups is 1. The van der Waals surface area contributed by atoms with Gasteiger partial charge in [-0.2, -0.15) is 0 Å². The maximum Gasteiger partial charge on any atom is 0.344 e. The number of carbonyl (C=O) groups is 3. The van der Waals surface area contributed by atoms with Crippen LogP contribution in [0.5, 0.6) is 11.5 Å². The molecule has 0 saturated carbocycles. The fourth-order valence-electron chi connectivity index (χ4n) is 3.85. The number of carbonyl (C=O) groups excluding carboxylic acids is 3. The smallest absolute Gasteiger partial charge is 0.344 e. The first-order chi connectivity index (χ1) is 20.0. The van der Waals surface area contributed by atoms with Gasteiger partial charge in [-0.1, -0.05) is 36.4 Å². The summed E-state index contributed by atoms with van der Waals surface area (Å²) in [5.74, 6) is 0.655. The van der Waals surface area contributed by atoms with Gasteiger partial charge < -0.3 is 24.3 Å². The summed E-state index contributed by atoms with van der Waals surface area (Å²) in [6.07, 6.45) is 2.98. The van der Waals surface area contributed by atoms with Crippen molar-refractivity contribution < 1.29 is 33.3 Å². The first-order valence-electron chi connectivity index (χ1n) is 13.7. The molecule has 3 aromatic carbocycles. The molecule has 0 aromatic heterocycles. The molecule has 0 fully saturated rings. The number of nitrogens with one attached hydrogen (secondary N) is 1. The molecule has 3 rings (SSSR count). The van der Waals surface area contributed by atoms with Crippen molar-refractivity contribution in [3.05, 3.63) is 89.5 Å². The summed E-state index contributed by atoms with van der Waals surface area (Å²) in [6.45, 7) is 4.38. The molecule has 0 spiro atoms. The molecule has 3 aromatic rings. The quantitative estimate of drug-likeness (QED) is 0.152. The molecule has 0 heterocycles. The molecule has 0 aliphatic rings. The maximum absolute atomic E-state index is 13.1. The molecule has 0 bridgehead atoms. The van der Waals surface area contributed by atoms with Gasteiger partial charge in [0.25, 0.3) is 5.91 Å². The van der Waals surface area contributed by atoms with E-state index in [4.69, 9.17) is 18.9 Å².